The Morgan fingerprint density at radius 2 is 1.74 bits per heavy atom. The van der Waals surface area contributed by atoms with Crippen LogP contribution in [0.1, 0.15) is 123 Å². The summed E-state index contributed by atoms with van der Waals surface area (Å²) in [6.07, 6.45) is 25.4. The second kappa shape index (κ2) is 18.9. The summed E-state index contributed by atoms with van der Waals surface area (Å²) >= 11 is 0. The number of ether oxygens (including phenoxy) is 2. The number of nitrogens with one attached hydrogen (secondary N) is 3. The van der Waals surface area contributed by atoms with E-state index in [0.717, 1.165) is 117 Å². The van der Waals surface area contributed by atoms with Crippen molar-refractivity contribution in [3.8, 4) is 0 Å². The van der Waals surface area contributed by atoms with Gasteiger partial charge in [-0.1, -0.05) is 60.3 Å². The number of hydrogen-bond donors (Lipinski definition) is 5. The van der Waals surface area contributed by atoms with Gasteiger partial charge in [-0.15, -0.1) is 0 Å². The van der Waals surface area contributed by atoms with Crippen LogP contribution in [-0.4, -0.2) is 82.5 Å². The van der Waals surface area contributed by atoms with Crippen LogP contribution < -0.4 is 16.0 Å². The third-order valence-electron chi connectivity index (χ3n) is 18.8. The van der Waals surface area contributed by atoms with Crippen LogP contribution in [-0.2, 0) is 28.7 Å². The predicted octanol–water partition coefficient (Wildman–Crippen LogP) is 7.99. The van der Waals surface area contributed by atoms with E-state index in [-0.39, 0.29) is 77.3 Å². The van der Waals surface area contributed by atoms with Gasteiger partial charge in [0.15, 0.2) is 0 Å². The Labute approximate surface area is 409 Å². The fourth-order valence-electron chi connectivity index (χ4n) is 15.7. The lowest BCUT2D eigenvalue weighted by atomic mass is 9.42. The summed E-state index contributed by atoms with van der Waals surface area (Å²) in [6, 6.07) is 0. The van der Waals surface area contributed by atoms with Gasteiger partial charge in [0.2, 0.25) is 0 Å². The van der Waals surface area contributed by atoms with Crippen LogP contribution in [0.25, 0.3) is 0 Å². The lowest BCUT2D eigenvalue weighted by Crippen LogP contribution is -2.55. The monoisotopic (exact) mass is 966 g/mol. The van der Waals surface area contributed by atoms with E-state index in [9.17, 15) is 19.8 Å². The second-order valence-electron chi connectivity index (χ2n) is 22.0. The van der Waals surface area contributed by atoms with Gasteiger partial charge in [-0.3, -0.25) is 14.5 Å². The van der Waals surface area contributed by atoms with Crippen LogP contribution in [0.2, 0.25) is 0 Å². The van der Waals surface area contributed by atoms with Crippen LogP contribution in [0.3, 0.4) is 0 Å². The van der Waals surface area contributed by atoms with E-state index < -0.39 is 17.4 Å². The maximum atomic E-state index is 15.3. The number of imide groups is 1. The third-order valence-corrected chi connectivity index (χ3v) is 21.3. The maximum absolute atomic E-state index is 15.3. The molecule has 0 aromatic carbocycles. The lowest BCUT2D eigenvalue weighted by Gasteiger charge is -2.58. The van der Waals surface area contributed by atoms with Crippen LogP contribution in [0.5, 0.6) is 0 Å². The Hall–Kier alpha value is -3.56. The Bertz CT molecular complexity index is 2310. The molecule has 12 aliphatic rings. The summed E-state index contributed by atoms with van der Waals surface area (Å²) in [4.78, 5) is 58.7. The van der Waals surface area contributed by atoms with Crippen LogP contribution >= 0.6 is 21.6 Å². The van der Waals surface area contributed by atoms with Gasteiger partial charge in [0.25, 0.3) is 11.8 Å². The zero-order valence-corrected chi connectivity index (χ0v) is 41.5. The SMILES string of the molecule is CCC1(C2=C3OC(=O)C4=C3[C@@H](CC2)C[C@H]2[C@@H]3CC[C@@]5(C6=C3[C@H](CN3C(=O)C=CC3=O)C3=CCNC(=C3)NCSS[C@H](NC[C@H](C)O)[C@@H](C3CCC(CCCO)CC3)C/C=C/5OC6=O)[C@@H]42)CCCC1. The first-order valence-corrected chi connectivity index (χ1v) is 28.5. The highest BCUT2D eigenvalue weighted by molar-refractivity contribution is 8.76. The Morgan fingerprint density at radius 1 is 0.941 bits per heavy atom. The van der Waals surface area contributed by atoms with E-state index in [1.165, 1.54) is 35.5 Å². The minimum atomic E-state index is -0.928. The molecule has 0 aromatic rings. The largest absolute Gasteiger partial charge is 0.427 e. The first kappa shape index (κ1) is 46.8. The van der Waals surface area contributed by atoms with Crippen molar-refractivity contribution in [1.82, 2.24) is 20.9 Å². The molecular formula is C54H70N4O8S2. The molecule has 12 nitrogen and oxygen atoms in total. The zero-order chi connectivity index (χ0) is 46.9. The first-order valence-electron chi connectivity index (χ1n) is 26.2. The van der Waals surface area contributed by atoms with Gasteiger partial charge in [-0.05, 0) is 160 Å². The minimum Gasteiger partial charge on any atom is -0.427 e. The molecule has 366 valence electrons. The summed E-state index contributed by atoms with van der Waals surface area (Å²) in [5.41, 5.74) is 4.93. The summed E-state index contributed by atoms with van der Waals surface area (Å²) < 4.78 is 13.5. The van der Waals surface area contributed by atoms with Crippen molar-refractivity contribution in [3.63, 3.8) is 0 Å². The number of rotatable bonds is 11. The zero-order valence-electron chi connectivity index (χ0n) is 39.8. The van der Waals surface area contributed by atoms with E-state index in [0.29, 0.717) is 55.0 Å². The molecule has 0 unspecified atom stereocenters. The molecule has 7 bridgehead atoms. The van der Waals surface area contributed by atoms with Gasteiger partial charge in [-0.2, -0.15) is 0 Å². The minimum absolute atomic E-state index is 0.0209. The number of amides is 2. The number of aliphatic hydroxyl groups excluding tert-OH is 2. The highest BCUT2D eigenvalue weighted by Crippen LogP contribution is 2.73. The molecule has 5 heterocycles. The standard InChI is InChI=1S/C54H70N4O8S2/c1-3-53(20-4-5-21-53)39-14-12-34-25-37-36-18-22-54(47(37)46-44(34)49(39)66-51(46)63)40-15-13-35(32-10-8-31(9-11-32)7-6-24-59)50(56-27-30(2)60)68-67-29-57-41-26-33(19-23-55-41)38(45(36)48(54)52(64)65-40)28-58-42(61)16-17-43(58)62/h15-17,19,26,30-32,34-38,47,50,55-57,59-60H,3-14,18,20-25,27-29H2,1-2H3/b40-15-/t30-,31?,32?,34-,35+,36-,37-,38+,47+,50-,54-/m0/s1. The fraction of sp³-hybridized carbons (Fsp3) is 0.667. The fourth-order valence-corrected chi connectivity index (χ4v) is 18.2. The Balaban J connectivity index is 1.09. The predicted molar refractivity (Wildman–Crippen MR) is 262 cm³/mol. The summed E-state index contributed by atoms with van der Waals surface area (Å²) in [5.74, 6) is 2.11. The molecule has 3 saturated carbocycles. The number of carbonyl (C=O) groups is 4. The molecule has 1 saturated heterocycles. The Morgan fingerprint density at radius 3 is 2.49 bits per heavy atom. The molecule has 5 aliphatic heterocycles. The second-order valence-corrected chi connectivity index (χ2v) is 24.5. The van der Waals surface area contributed by atoms with Gasteiger partial charge < -0.3 is 35.6 Å². The summed E-state index contributed by atoms with van der Waals surface area (Å²) in [6.45, 7) is 5.42. The molecule has 0 radical (unpaired) electrons. The number of fused-ring (bicyclic) bond motifs is 2. The first-order chi connectivity index (χ1) is 33.0. The van der Waals surface area contributed by atoms with Gasteiger partial charge in [0, 0.05) is 61.4 Å². The maximum Gasteiger partial charge on any atom is 0.340 e. The molecule has 4 fully saturated rings. The Kier molecular flexibility index (Phi) is 13.0. The molecule has 0 aromatic heterocycles. The number of carbonyl (C=O) groups excluding carboxylic acids is 4. The number of aliphatic hydroxyl groups is 2. The van der Waals surface area contributed by atoms with E-state index in [1.54, 1.807) is 21.6 Å². The van der Waals surface area contributed by atoms with Gasteiger partial charge in [0.05, 0.1) is 34.2 Å². The number of dihydropyridines is 1. The summed E-state index contributed by atoms with van der Waals surface area (Å²) in [5, 5.41) is 31.2. The van der Waals surface area contributed by atoms with Gasteiger partial charge in [0.1, 0.15) is 11.5 Å². The molecule has 68 heavy (non-hydrogen) atoms. The highest BCUT2D eigenvalue weighted by Gasteiger charge is 2.70. The molecule has 2 amide bonds. The van der Waals surface area contributed by atoms with E-state index in [1.807, 2.05) is 6.92 Å². The lowest BCUT2D eigenvalue weighted by molar-refractivity contribution is -0.138. The molecule has 7 aliphatic carbocycles. The van der Waals surface area contributed by atoms with Crippen molar-refractivity contribution in [2.24, 2.45) is 58.2 Å². The average Bonchev–Trinajstić information content (AvgIpc) is 4.12. The van der Waals surface area contributed by atoms with Crippen molar-refractivity contribution in [3.05, 3.63) is 81.2 Å². The summed E-state index contributed by atoms with van der Waals surface area (Å²) in [7, 11) is 3.53. The van der Waals surface area contributed by atoms with Gasteiger partial charge >= 0.3 is 11.9 Å². The van der Waals surface area contributed by atoms with Gasteiger partial charge in [-0.25, -0.2) is 9.59 Å². The van der Waals surface area contributed by atoms with Crippen molar-refractivity contribution in [2.75, 3.05) is 32.1 Å². The van der Waals surface area contributed by atoms with E-state index in [4.69, 9.17) is 9.47 Å². The van der Waals surface area contributed by atoms with Crippen molar-refractivity contribution >= 4 is 45.3 Å². The molecular weight excluding hydrogens is 897 g/mol. The van der Waals surface area contributed by atoms with E-state index >= 15 is 9.59 Å². The molecule has 5 N–H and O–H groups in total. The number of esters is 2. The number of nitrogens with zero attached hydrogens (tertiary/aromatic N) is 1. The van der Waals surface area contributed by atoms with Crippen LogP contribution in [0.4, 0.5) is 0 Å². The molecule has 1 spiro atoms. The number of hydrogen-bond acceptors (Lipinski definition) is 13. The van der Waals surface area contributed by atoms with Crippen molar-refractivity contribution in [1.29, 1.82) is 0 Å². The normalized spacial score (nSPS) is 37.5. The van der Waals surface area contributed by atoms with Crippen LogP contribution in [0, 0.1) is 58.2 Å². The molecule has 14 heteroatoms. The topological polar surface area (TPSA) is 167 Å². The smallest absolute Gasteiger partial charge is 0.340 e. The van der Waals surface area contributed by atoms with Crippen LogP contribution in [0.15, 0.2) is 81.2 Å². The molecule has 9 atom stereocenters. The number of allylic oxidation sites excluding steroid dienone is 5. The third kappa shape index (κ3) is 7.84. The highest BCUT2D eigenvalue weighted by atomic mass is 33.1. The van der Waals surface area contributed by atoms with E-state index in [2.05, 4.69) is 41.1 Å². The average molecular weight is 967 g/mol. The molecule has 12 rings (SSSR count). The van der Waals surface area contributed by atoms with Crippen molar-refractivity contribution in [2.45, 2.75) is 134 Å². The quantitative estimate of drug-likeness (QED) is 0.0769. The van der Waals surface area contributed by atoms with Crippen molar-refractivity contribution < 1.29 is 38.9 Å².